The lowest BCUT2D eigenvalue weighted by Crippen LogP contribution is -2.47. The molecule has 25 nitrogen and oxygen atoms in total. The number of hydrogen-bond acceptors (Lipinski definition) is 17. The van der Waals surface area contributed by atoms with Gasteiger partial charge in [0.2, 0.25) is 24.6 Å². The van der Waals surface area contributed by atoms with Crippen molar-refractivity contribution in [1.29, 1.82) is 0 Å². The SMILES string of the molecule is CCCCC[C@@H](C(=O)NCNC(=O)c1ccc(-c2ccc(C(=O)NCO[P+](=O)OCNC(=O)c3ccc(-c4ccc(C(=O)NCNC(=O)[C@H](CCCCC)[C@@H](CC)N(O)C=O)o4)cc3OCC)c(OCC)c2)o1)[C@@H](CC)N(O)C=O. The summed E-state index contributed by atoms with van der Waals surface area (Å²) in [5.74, 6) is -4.13. The predicted molar refractivity (Wildman–Crippen MR) is 289 cm³/mol. The summed E-state index contributed by atoms with van der Waals surface area (Å²) in [6.45, 7) is 9.73. The molecule has 2 aromatic heterocycles. The van der Waals surface area contributed by atoms with Crippen LogP contribution in [0.2, 0.25) is 0 Å². The Morgan fingerprint density at radius 2 is 0.950 bits per heavy atom. The number of nitrogens with zero attached hydrogens (tertiary/aromatic N) is 2. The van der Waals surface area contributed by atoms with Gasteiger partial charge in [0.05, 0.1) is 61.6 Å². The van der Waals surface area contributed by atoms with E-state index in [1.807, 2.05) is 13.8 Å². The Labute approximate surface area is 465 Å². The first-order chi connectivity index (χ1) is 38.6. The molecule has 8 N–H and O–H groups in total. The Kier molecular flexibility index (Phi) is 27.8. The second-order valence-electron chi connectivity index (χ2n) is 18.0. The van der Waals surface area contributed by atoms with Gasteiger partial charge in [-0.1, -0.05) is 87.4 Å². The van der Waals surface area contributed by atoms with Gasteiger partial charge in [-0.15, -0.1) is 0 Å². The van der Waals surface area contributed by atoms with E-state index in [1.165, 1.54) is 36.4 Å². The lowest BCUT2D eigenvalue weighted by Gasteiger charge is -2.29. The Morgan fingerprint density at radius 1 is 0.550 bits per heavy atom. The van der Waals surface area contributed by atoms with Gasteiger partial charge in [0.1, 0.15) is 23.0 Å². The van der Waals surface area contributed by atoms with E-state index in [1.54, 1.807) is 52.0 Å². The number of hydrogen-bond donors (Lipinski definition) is 8. The predicted octanol–water partition coefficient (Wildman–Crippen LogP) is 7.02. The molecule has 0 unspecified atom stereocenters. The standard InChI is InChI=1S/C54H73N8O17P/c1-7-13-15-17-37(41(9-3)61(71)33-63)49(65)55-29-57-53(69)45-25-23-43(78-45)35-19-21-39(47(27-35)74-11-5)51(67)59-31-76-80(73)77-32-60-52(68)40-22-20-36(28-48(40)75-12-6)44-24-26-46(79-44)54(70)58-30-56-50(66)38(18-16-14-8-2)42(10-4)62(72)34-64/h19-28,33-34,37-38,41-42,71-72H,7-18,29-32H2,1-6H3,(H5-,55,56,57,58,59,60,65,66,67,68,69,70)/p+1/t37-,38-,41-,42-/m1/s1. The Bertz CT molecular complexity index is 2520. The molecule has 0 radical (unpaired) electrons. The fraction of sp³-hybridized carbons (Fsp3) is 0.481. The van der Waals surface area contributed by atoms with Crippen LogP contribution >= 0.6 is 8.25 Å². The smallest absolute Gasteiger partial charge is 0.493 e. The molecular weight excluding hydrogens is 1060 g/mol. The highest BCUT2D eigenvalue weighted by Gasteiger charge is 2.32. The van der Waals surface area contributed by atoms with E-state index in [-0.39, 0.29) is 85.0 Å². The van der Waals surface area contributed by atoms with E-state index < -0.39 is 81.1 Å². The molecule has 2 heterocycles. The molecule has 0 saturated carbocycles. The molecule has 4 aromatic rings. The lowest BCUT2D eigenvalue weighted by molar-refractivity contribution is -0.169. The number of furan rings is 2. The number of amides is 8. The number of nitrogens with one attached hydrogen (secondary N) is 6. The van der Waals surface area contributed by atoms with Crippen LogP contribution in [0.1, 0.15) is 148 Å². The van der Waals surface area contributed by atoms with Gasteiger partial charge in [-0.05, 0) is 88.1 Å². The van der Waals surface area contributed by atoms with E-state index in [2.05, 4.69) is 31.9 Å². The molecule has 4 atom stereocenters. The molecule has 0 aliphatic rings. The third-order valence-corrected chi connectivity index (χ3v) is 13.4. The minimum absolute atomic E-state index is 0.0711. The number of ether oxygens (including phenoxy) is 2. The first kappa shape index (κ1) is 64.8. The van der Waals surface area contributed by atoms with E-state index in [0.717, 1.165) is 25.7 Å². The zero-order chi connectivity index (χ0) is 58.6. The van der Waals surface area contributed by atoms with E-state index in [0.29, 0.717) is 59.8 Å². The summed E-state index contributed by atoms with van der Waals surface area (Å²) in [5.41, 5.74) is 1.10. The molecule has 0 aliphatic heterocycles. The zero-order valence-corrected chi connectivity index (χ0v) is 46.8. The van der Waals surface area contributed by atoms with Crippen LogP contribution in [0.3, 0.4) is 0 Å². The highest BCUT2D eigenvalue weighted by molar-refractivity contribution is 7.33. The normalized spacial score (nSPS) is 12.4. The van der Waals surface area contributed by atoms with Crippen molar-refractivity contribution >= 4 is 56.5 Å². The van der Waals surface area contributed by atoms with Crippen molar-refractivity contribution in [2.24, 2.45) is 11.8 Å². The Morgan fingerprint density at radius 3 is 1.30 bits per heavy atom. The van der Waals surface area contributed by atoms with Crippen molar-refractivity contribution in [1.82, 2.24) is 42.0 Å². The molecule has 2 aromatic carbocycles. The number of hydroxylamine groups is 4. The van der Waals surface area contributed by atoms with Crippen molar-refractivity contribution in [2.45, 2.75) is 118 Å². The van der Waals surface area contributed by atoms with Crippen molar-refractivity contribution in [2.75, 3.05) is 40.0 Å². The van der Waals surface area contributed by atoms with Gasteiger partial charge in [-0.25, -0.2) is 10.1 Å². The van der Waals surface area contributed by atoms with E-state index >= 15 is 0 Å². The molecule has 4 rings (SSSR count). The largest absolute Gasteiger partial charge is 0.701 e. The van der Waals surface area contributed by atoms with Crippen molar-refractivity contribution in [3.05, 3.63) is 83.3 Å². The minimum Gasteiger partial charge on any atom is -0.493 e. The van der Waals surface area contributed by atoms with Gasteiger partial charge in [-0.3, -0.25) is 48.8 Å². The molecule has 8 amide bonds. The number of carbonyl (C=O) groups is 8. The third kappa shape index (κ3) is 19.3. The van der Waals surface area contributed by atoms with Crippen LogP contribution in [0.4, 0.5) is 0 Å². The molecule has 0 aliphatic carbocycles. The monoisotopic (exact) mass is 1140 g/mol. The van der Waals surface area contributed by atoms with Gasteiger partial charge >= 0.3 is 8.25 Å². The summed E-state index contributed by atoms with van der Waals surface area (Å²) < 4.78 is 45.9. The van der Waals surface area contributed by atoms with Crippen LogP contribution in [-0.2, 0) is 32.8 Å². The van der Waals surface area contributed by atoms with Gasteiger partial charge in [0.15, 0.2) is 25.0 Å². The van der Waals surface area contributed by atoms with Gasteiger partial charge in [0, 0.05) is 15.7 Å². The Balaban J connectivity index is 1.25. The molecule has 0 bridgehead atoms. The molecule has 0 spiro atoms. The lowest BCUT2D eigenvalue weighted by atomic mass is 9.90. The maximum absolute atomic E-state index is 13.2. The molecule has 0 fully saturated rings. The van der Waals surface area contributed by atoms with Crippen molar-refractivity contribution in [3.8, 4) is 34.1 Å². The number of rotatable bonds is 38. The summed E-state index contributed by atoms with van der Waals surface area (Å²) in [6, 6.07) is 13.6. The average Bonchev–Trinajstić information content (AvgIpc) is 4.17. The van der Waals surface area contributed by atoms with Gasteiger partial charge < -0.3 is 50.2 Å². The fourth-order valence-corrected chi connectivity index (χ4v) is 9.00. The van der Waals surface area contributed by atoms with Crippen LogP contribution in [0.15, 0.2) is 69.5 Å². The van der Waals surface area contributed by atoms with Crippen molar-refractivity contribution in [3.63, 3.8) is 0 Å². The number of carbonyl (C=O) groups excluding carboxylic acids is 8. The second-order valence-corrected chi connectivity index (χ2v) is 18.9. The van der Waals surface area contributed by atoms with Gasteiger partial charge in [-0.2, -0.15) is 0 Å². The summed E-state index contributed by atoms with van der Waals surface area (Å²) in [4.78, 5) is 101. The van der Waals surface area contributed by atoms with E-state index in [4.69, 9.17) is 27.4 Å². The maximum atomic E-state index is 13.2. The molecular formula is C54H74N8O17P+. The molecule has 26 heteroatoms. The molecule has 80 heavy (non-hydrogen) atoms. The van der Waals surface area contributed by atoms with Gasteiger partial charge in [0.25, 0.3) is 23.6 Å². The van der Waals surface area contributed by atoms with Crippen molar-refractivity contribution < 1.29 is 80.7 Å². The molecule has 436 valence electrons. The minimum atomic E-state index is -2.84. The summed E-state index contributed by atoms with van der Waals surface area (Å²) in [5, 5.41) is 36.6. The fourth-order valence-electron chi connectivity index (χ4n) is 8.59. The summed E-state index contributed by atoms with van der Waals surface area (Å²) in [7, 11) is -2.84. The average molecular weight is 1140 g/mol. The quantitative estimate of drug-likeness (QED) is 0.00558. The number of benzene rings is 2. The van der Waals surface area contributed by atoms with Crippen LogP contribution in [-0.4, -0.2) is 121 Å². The second kappa shape index (κ2) is 34.3. The Hall–Kier alpha value is -7.70. The number of unbranched alkanes of at least 4 members (excludes halogenated alkanes) is 4. The first-order valence-corrected chi connectivity index (χ1v) is 27.7. The van der Waals surface area contributed by atoms with E-state index in [9.17, 15) is 53.3 Å². The van der Waals surface area contributed by atoms with Crippen LogP contribution in [0.5, 0.6) is 11.5 Å². The summed E-state index contributed by atoms with van der Waals surface area (Å²) >= 11 is 0. The maximum Gasteiger partial charge on any atom is 0.701 e. The molecule has 0 saturated heterocycles. The van der Waals surface area contributed by atoms with Crippen LogP contribution in [0.25, 0.3) is 22.6 Å². The third-order valence-electron chi connectivity index (χ3n) is 12.7. The first-order valence-electron chi connectivity index (χ1n) is 26.6. The topological polar surface area (TPSA) is 336 Å². The highest BCUT2D eigenvalue weighted by atomic mass is 31.1. The van der Waals surface area contributed by atoms with Crippen LogP contribution < -0.4 is 41.4 Å². The van der Waals surface area contributed by atoms with Crippen LogP contribution in [0, 0.1) is 11.8 Å². The summed E-state index contributed by atoms with van der Waals surface area (Å²) in [6.07, 6.45) is 7.08. The highest BCUT2D eigenvalue weighted by Crippen LogP contribution is 2.32. The zero-order valence-electron chi connectivity index (χ0n) is 45.9.